The van der Waals surface area contributed by atoms with Crippen molar-refractivity contribution in [3.05, 3.63) is 47.0 Å². The molecule has 0 amide bonds. The predicted molar refractivity (Wildman–Crippen MR) is 78.1 cm³/mol. The van der Waals surface area contributed by atoms with Gasteiger partial charge in [-0.05, 0) is 12.1 Å². The van der Waals surface area contributed by atoms with E-state index in [9.17, 15) is 0 Å². The molecule has 3 aromatic heterocycles. The quantitative estimate of drug-likeness (QED) is 0.585. The number of benzene rings is 1. The molecule has 0 fully saturated rings. The van der Waals surface area contributed by atoms with Crippen molar-refractivity contribution in [2.75, 3.05) is 0 Å². The monoisotopic (exact) mass is 303 g/mol. The molecule has 0 aliphatic heterocycles. The summed E-state index contributed by atoms with van der Waals surface area (Å²) in [5.74, 6) is 0.710. The summed E-state index contributed by atoms with van der Waals surface area (Å²) >= 11 is 12.0. The Labute approximate surface area is 123 Å². The van der Waals surface area contributed by atoms with Crippen LogP contribution in [0.4, 0.5) is 0 Å². The molecule has 0 atom stereocenters. The summed E-state index contributed by atoms with van der Waals surface area (Å²) in [5, 5.41) is 5.25. The van der Waals surface area contributed by atoms with Gasteiger partial charge in [-0.15, -0.1) is 0 Å². The maximum Gasteiger partial charge on any atom is 0.142 e. The third-order valence-corrected chi connectivity index (χ3v) is 3.83. The maximum atomic E-state index is 6.01. The molecule has 1 aromatic carbocycles. The fraction of sp³-hybridized carbons (Fsp3) is 0. The molecular weight excluding hydrogens is 297 g/mol. The van der Waals surface area contributed by atoms with Gasteiger partial charge in [-0.3, -0.25) is 4.98 Å². The molecule has 3 heterocycles. The minimum atomic E-state index is 0.485. The number of halogens is 2. The summed E-state index contributed by atoms with van der Waals surface area (Å²) in [4.78, 5) is 11.9. The van der Waals surface area contributed by atoms with E-state index in [4.69, 9.17) is 23.2 Å². The second kappa shape index (κ2) is 4.19. The molecule has 7 heteroatoms. The molecule has 0 saturated carbocycles. The van der Waals surface area contributed by atoms with Gasteiger partial charge >= 0.3 is 0 Å². The first-order chi connectivity index (χ1) is 9.72. The largest absolute Gasteiger partial charge is 0.338 e. The van der Waals surface area contributed by atoms with Gasteiger partial charge in [0.05, 0.1) is 44.6 Å². The highest BCUT2D eigenvalue weighted by Crippen LogP contribution is 2.29. The molecule has 20 heavy (non-hydrogen) atoms. The molecule has 0 saturated heterocycles. The molecule has 4 rings (SSSR count). The second-order valence-electron chi connectivity index (χ2n) is 4.33. The van der Waals surface area contributed by atoms with Crippen LogP contribution in [0.15, 0.2) is 36.9 Å². The second-order valence-corrected chi connectivity index (χ2v) is 5.15. The fourth-order valence-electron chi connectivity index (χ4n) is 2.15. The molecule has 5 nitrogen and oxygen atoms in total. The Morgan fingerprint density at radius 3 is 2.85 bits per heavy atom. The van der Waals surface area contributed by atoms with Gasteiger partial charge in [0.15, 0.2) is 0 Å². The van der Waals surface area contributed by atoms with E-state index in [0.717, 1.165) is 22.1 Å². The molecule has 4 aromatic rings. The number of rotatable bonds is 1. The molecule has 0 unspecified atom stereocenters. The van der Waals surface area contributed by atoms with E-state index in [1.165, 1.54) is 0 Å². The van der Waals surface area contributed by atoms with E-state index >= 15 is 0 Å². The number of aromatic nitrogens is 5. The molecular formula is C13H7Cl2N5. The van der Waals surface area contributed by atoms with Crippen LogP contribution in [0.2, 0.25) is 10.0 Å². The summed E-state index contributed by atoms with van der Waals surface area (Å²) in [7, 11) is 0. The van der Waals surface area contributed by atoms with Crippen molar-refractivity contribution < 1.29 is 0 Å². The molecule has 0 bridgehead atoms. The van der Waals surface area contributed by atoms with Crippen LogP contribution in [0.5, 0.6) is 0 Å². The summed E-state index contributed by atoms with van der Waals surface area (Å²) in [6, 6.07) is 3.50. The average Bonchev–Trinajstić information content (AvgIpc) is 3.02. The lowest BCUT2D eigenvalue weighted by atomic mass is 10.3. The van der Waals surface area contributed by atoms with Crippen molar-refractivity contribution >= 4 is 39.8 Å². The maximum absolute atomic E-state index is 6.01. The number of imidazole rings is 1. The summed E-state index contributed by atoms with van der Waals surface area (Å²) < 4.78 is 1.75. The summed E-state index contributed by atoms with van der Waals surface area (Å²) in [6.07, 6.45) is 6.96. The molecule has 98 valence electrons. The van der Waals surface area contributed by atoms with Crippen LogP contribution in [0.3, 0.4) is 0 Å². The number of hydrogen-bond donors (Lipinski definition) is 1. The number of aromatic amines is 1. The van der Waals surface area contributed by atoms with E-state index in [-0.39, 0.29) is 0 Å². The van der Waals surface area contributed by atoms with Crippen LogP contribution in [-0.4, -0.2) is 24.6 Å². The first kappa shape index (κ1) is 11.7. The number of H-pyrrole nitrogens is 1. The van der Waals surface area contributed by atoms with Gasteiger partial charge in [0.1, 0.15) is 5.82 Å². The standard InChI is InChI=1S/C13H7Cl2N5/c14-8-3-10-11(4-9(8)15)19-13(18-10)7-5-17-20-2-1-16-6-12(7)20/h1-6H,(H,18,19). The molecule has 0 radical (unpaired) electrons. The van der Waals surface area contributed by atoms with E-state index < -0.39 is 0 Å². The highest BCUT2D eigenvalue weighted by molar-refractivity contribution is 6.42. The third-order valence-electron chi connectivity index (χ3n) is 3.10. The Morgan fingerprint density at radius 2 is 1.95 bits per heavy atom. The van der Waals surface area contributed by atoms with E-state index in [1.807, 2.05) is 0 Å². The van der Waals surface area contributed by atoms with Crippen molar-refractivity contribution in [3.8, 4) is 11.4 Å². The Morgan fingerprint density at radius 1 is 1.10 bits per heavy atom. The lowest BCUT2D eigenvalue weighted by Crippen LogP contribution is -1.86. The zero-order valence-electron chi connectivity index (χ0n) is 10.0. The normalized spacial score (nSPS) is 11.5. The number of nitrogens with one attached hydrogen (secondary N) is 1. The molecule has 1 N–H and O–H groups in total. The topological polar surface area (TPSA) is 58.9 Å². The van der Waals surface area contributed by atoms with Crippen LogP contribution in [0, 0.1) is 0 Å². The van der Waals surface area contributed by atoms with Crippen molar-refractivity contribution in [2.45, 2.75) is 0 Å². The molecule has 0 spiro atoms. The van der Waals surface area contributed by atoms with Crippen LogP contribution < -0.4 is 0 Å². The van der Waals surface area contributed by atoms with Gasteiger partial charge in [0, 0.05) is 12.4 Å². The zero-order chi connectivity index (χ0) is 13.7. The van der Waals surface area contributed by atoms with Crippen molar-refractivity contribution in [3.63, 3.8) is 0 Å². The summed E-state index contributed by atoms with van der Waals surface area (Å²) in [5.41, 5.74) is 3.35. The zero-order valence-corrected chi connectivity index (χ0v) is 11.5. The summed E-state index contributed by atoms with van der Waals surface area (Å²) in [6.45, 7) is 0. The van der Waals surface area contributed by atoms with Crippen LogP contribution >= 0.6 is 23.2 Å². The van der Waals surface area contributed by atoms with E-state index in [0.29, 0.717) is 15.9 Å². The minimum absolute atomic E-state index is 0.485. The van der Waals surface area contributed by atoms with Gasteiger partial charge in [0.2, 0.25) is 0 Å². The Balaban J connectivity index is 1.98. The SMILES string of the molecule is Clc1cc2nc(-c3cnn4ccncc34)[nH]c2cc1Cl. The van der Waals surface area contributed by atoms with Gasteiger partial charge in [0.25, 0.3) is 0 Å². The Bertz CT molecular complexity index is 901. The van der Waals surface area contributed by atoms with Crippen molar-refractivity contribution in [2.24, 2.45) is 0 Å². The predicted octanol–water partition coefficient (Wildman–Crippen LogP) is 3.58. The molecule has 0 aliphatic carbocycles. The number of hydrogen-bond acceptors (Lipinski definition) is 3. The smallest absolute Gasteiger partial charge is 0.142 e. The minimum Gasteiger partial charge on any atom is -0.338 e. The van der Waals surface area contributed by atoms with Gasteiger partial charge in [-0.2, -0.15) is 5.10 Å². The fourth-order valence-corrected chi connectivity index (χ4v) is 2.47. The van der Waals surface area contributed by atoms with Gasteiger partial charge < -0.3 is 4.98 Å². The Hall–Kier alpha value is -2.11. The van der Waals surface area contributed by atoms with Crippen molar-refractivity contribution in [1.29, 1.82) is 0 Å². The first-order valence-corrected chi connectivity index (χ1v) is 6.60. The van der Waals surface area contributed by atoms with Gasteiger partial charge in [-0.25, -0.2) is 9.50 Å². The van der Waals surface area contributed by atoms with Crippen LogP contribution in [-0.2, 0) is 0 Å². The number of nitrogens with zero attached hydrogens (tertiary/aromatic N) is 4. The lowest BCUT2D eigenvalue weighted by Gasteiger charge is -1.93. The highest BCUT2D eigenvalue weighted by Gasteiger charge is 2.12. The van der Waals surface area contributed by atoms with Crippen LogP contribution in [0.25, 0.3) is 27.9 Å². The van der Waals surface area contributed by atoms with E-state index in [2.05, 4.69) is 20.1 Å². The lowest BCUT2D eigenvalue weighted by molar-refractivity contribution is 0.946. The molecule has 0 aliphatic rings. The third kappa shape index (κ3) is 1.67. The average molecular weight is 304 g/mol. The first-order valence-electron chi connectivity index (χ1n) is 5.85. The Kier molecular flexibility index (Phi) is 2.45. The highest BCUT2D eigenvalue weighted by atomic mass is 35.5. The number of fused-ring (bicyclic) bond motifs is 2. The van der Waals surface area contributed by atoms with E-state index in [1.54, 1.807) is 41.4 Å². The van der Waals surface area contributed by atoms with Crippen molar-refractivity contribution in [1.82, 2.24) is 24.6 Å². The van der Waals surface area contributed by atoms with Crippen LogP contribution in [0.1, 0.15) is 0 Å². The van der Waals surface area contributed by atoms with Gasteiger partial charge in [-0.1, -0.05) is 23.2 Å².